The molecule has 0 saturated carbocycles. The van der Waals surface area contributed by atoms with Crippen LogP contribution in [0.1, 0.15) is 12.0 Å². The van der Waals surface area contributed by atoms with Crippen molar-refractivity contribution >= 4 is 55.0 Å². The van der Waals surface area contributed by atoms with Crippen LogP contribution in [0, 0.1) is 0 Å². The molecule has 4 rings (SSSR count). The molecule has 0 unspecified atom stereocenters. The second-order valence-corrected chi connectivity index (χ2v) is 9.07. The fraction of sp³-hybridized carbons (Fsp3) is 0.250. The minimum absolute atomic E-state index is 0.0651. The molecule has 1 amide bonds. The molecule has 0 bridgehead atoms. The summed E-state index contributed by atoms with van der Waals surface area (Å²) < 4.78 is 0.994. The molecule has 0 aliphatic carbocycles. The molecule has 0 spiro atoms. The van der Waals surface area contributed by atoms with Crippen LogP contribution < -0.4 is 4.90 Å². The summed E-state index contributed by atoms with van der Waals surface area (Å²) in [5.41, 5.74) is 1.91. The number of amides is 1. The van der Waals surface area contributed by atoms with Crippen LogP contribution in [0.3, 0.4) is 0 Å². The summed E-state index contributed by atoms with van der Waals surface area (Å²) in [6.07, 6.45) is 1.23. The van der Waals surface area contributed by atoms with Crippen molar-refractivity contribution in [3.63, 3.8) is 0 Å². The van der Waals surface area contributed by atoms with Gasteiger partial charge in [-0.2, -0.15) is 0 Å². The zero-order valence-corrected chi connectivity index (χ0v) is 18.7. The number of hydrogen-bond donors (Lipinski definition) is 0. The van der Waals surface area contributed by atoms with Crippen molar-refractivity contribution in [3.8, 4) is 0 Å². The summed E-state index contributed by atoms with van der Waals surface area (Å²) in [6, 6.07) is 20.0. The van der Waals surface area contributed by atoms with Crippen LogP contribution in [-0.2, 0) is 11.2 Å². The van der Waals surface area contributed by atoms with E-state index in [0.29, 0.717) is 18.0 Å². The lowest BCUT2D eigenvalue weighted by molar-refractivity contribution is -0.118. The van der Waals surface area contributed by atoms with E-state index in [1.54, 1.807) is 0 Å². The van der Waals surface area contributed by atoms with Crippen LogP contribution in [0.4, 0.5) is 5.13 Å². The zero-order valence-electron chi connectivity index (χ0n) is 17.1. The number of aromatic nitrogens is 1. The third-order valence-electron chi connectivity index (χ3n) is 5.08. The first-order chi connectivity index (χ1) is 14.5. The molecular formula is C24H24ClN3OS. The maximum Gasteiger partial charge on any atom is 0.233 e. The Morgan fingerprint density at radius 1 is 1.03 bits per heavy atom. The Morgan fingerprint density at radius 2 is 1.83 bits per heavy atom. The highest BCUT2D eigenvalue weighted by molar-refractivity contribution is 7.22. The van der Waals surface area contributed by atoms with Gasteiger partial charge in [0, 0.05) is 11.6 Å². The monoisotopic (exact) mass is 437 g/mol. The van der Waals surface area contributed by atoms with E-state index in [4.69, 9.17) is 16.6 Å². The average molecular weight is 438 g/mol. The van der Waals surface area contributed by atoms with E-state index in [9.17, 15) is 4.79 Å². The van der Waals surface area contributed by atoms with Gasteiger partial charge in [0.1, 0.15) is 0 Å². The number of nitrogens with zero attached hydrogens (tertiary/aromatic N) is 3. The quantitative estimate of drug-likeness (QED) is 0.376. The molecule has 154 valence electrons. The topological polar surface area (TPSA) is 36.4 Å². The minimum Gasteiger partial charge on any atom is -0.309 e. The number of benzene rings is 3. The van der Waals surface area contributed by atoms with Crippen LogP contribution in [0.2, 0.25) is 5.02 Å². The molecule has 0 saturated heterocycles. The highest BCUT2D eigenvalue weighted by Gasteiger charge is 2.21. The van der Waals surface area contributed by atoms with Gasteiger partial charge in [-0.15, -0.1) is 0 Å². The van der Waals surface area contributed by atoms with Crippen molar-refractivity contribution in [1.82, 2.24) is 9.88 Å². The van der Waals surface area contributed by atoms with Crippen LogP contribution in [0.15, 0.2) is 60.7 Å². The number of fused-ring (bicyclic) bond motifs is 2. The summed E-state index contributed by atoms with van der Waals surface area (Å²) in [6.45, 7) is 1.55. The van der Waals surface area contributed by atoms with Gasteiger partial charge in [0.2, 0.25) is 5.91 Å². The summed E-state index contributed by atoms with van der Waals surface area (Å²) >= 11 is 7.66. The number of rotatable bonds is 7. The van der Waals surface area contributed by atoms with Gasteiger partial charge in [-0.3, -0.25) is 9.69 Å². The molecule has 0 fully saturated rings. The molecule has 0 radical (unpaired) electrons. The second kappa shape index (κ2) is 9.13. The molecule has 1 aromatic heterocycles. The number of hydrogen-bond acceptors (Lipinski definition) is 4. The summed E-state index contributed by atoms with van der Waals surface area (Å²) in [5, 5.41) is 3.68. The highest BCUT2D eigenvalue weighted by Crippen LogP contribution is 2.31. The Hall–Kier alpha value is -2.47. The summed E-state index contributed by atoms with van der Waals surface area (Å²) in [4.78, 5) is 22.1. The highest BCUT2D eigenvalue weighted by atomic mass is 35.5. The molecule has 0 N–H and O–H groups in total. The molecule has 6 heteroatoms. The van der Waals surface area contributed by atoms with E-state index >= 15 is 0 Å². The van der Waals surface area contributed by atoms with E-state index in [2.05, 4.69) is 23.1 Å². The van der Waals surface area contributed by atoms with Gasteiger partial charge in [-0.1, -0.05) is 65.4 Å². The molecule has 4 aromatic rings. The first-order valence-electron chi connectivity index (χ1n) is 9.99. The predicted molar refractivity (Wildman–Crippen MR) is 128 cm³/mol. The number of halogens is 1. The smallest absolute Gasteiger partial charge is 0.233 e. The number of anilines is 1. The Morgan fingerprint density at radius 3 is 2.67 bits per heavy atom. The predicted octanol–water partition coefficient (Wildman–Crippen LogP) is 5.63. The fourth-order valence-corrected chi connectivity index (χ4v) is 4.86. The van der Waals surface area contributed by atoms with Crippen molar-refractivity contribution in [2.75, 3.05) is 32.1 Å². The molecule has 30 heavy (non-hydrogen) atoms. The van der Waals surface area contributed by atoms with Crippen LogP contribution >= 0.6 is 22.9 Å². The Balaban J connectivity index is 1.64. The lowest BCUT2D eigenvalue weighted by Gasteiger charge is -2.21. The third kappa shape index (κ3) is 4.64. The van der Waals surface area contributed by atoms with Crippen molar-refractivity contribution in [1.29, 1.82) is 0 Å². The van der Waals surface area contributed by atoms with Gasteiger partial charge >= 0.3 is 0 Å². The zero-order chi connectivity index (χ0) is 21.1. The second-order valence-electron chi connectivity index (χ2n) is 7.63. The largest absolute Gasteiger partial charge is 0.309 e. The molecule has 0 aliphatic heterocycles. The van der Waals surface area contributed by atoms with Crippen molar-refractivity contribution in [2.24, 2.45) is 0 Å². The van der Waals surface area contributed by atoms with Crippen molar-refractivity contribution in [2.45, 2.75) is 12.8 Å². The number of carbonyl (C=O) groups is 1. The van der Waals surface area contributed by atoms with Gasteiger partial charge < -0.3 is 4.90 Å². The lowest BCUT2D eigenvalue weighted by atomic mass is 10.0. The maximum absolute atomic E-state index is 13.4. The van der Waals surface area contributed by atoms with Crippen molar-refractivity contribution < 1.29 is 4.79 Å². The third-order valence-corrected chi connectivity index (χ3v) is 6.36. The summed E-state index contributed by atoms with van der Waals surface area (Å²) in [5.74, 6) is 0.0651. The van der Waals surface area contributed by atoms with Crippen LogP contribution in [0.25, 0.3) is 21.0 Å². The first kappa shape index (κ1) is 20.8. The van der Waals surface area contributed by atoms with Gasteiger partial charge in [0.25, 0.3) is 0 Å². The molecule has 4 nitrogen and oxygen atoms in total. The van der Waals surface area contributed by atoms with Crippen molar-refractivity contribution in [3.05, 3.63) is 71.2 Å². The van der Waals surface area contributed by atoms with E-state index in [0.717, 1.165) is 44.6 Å². The SMILES string of the molecule is CN(C)CCCN(C(=O)Cc1cccc2ccccc12)c1nc2ccc(Cl)cc2s1. The Kier molecular flexibility index (Phi) is 6.32. The lowest BCUT2D eigenvalue weighted by Crippen LogP contribution is -2.34. The van der Waals surface area contributed by atoms with Gasteiger partial charge in [0.15, 0.2) is 5.13 Å². The maximum atomic E-state index is 13.4. The standard InChI is InChI=1S/C24H24ClN3OS/c1-27(2)13-6-14-28(24-26-21-12-11-19(25)16-22(21)30-24)23(29)15-18-9-5-8-17-7-3-4-10-20(17)18/h3-5,7-12,16H,6,13-15H2,1-2H3. The molecule has 0 aliphatic rings. The van der Waals surface area contributed by atoms with Crippen LogP contribution in [0.5, 0.6) is 0 Å². The normalized spacial score (nSPS) is 11.5. The first-order valence-corrected chi connectivity index (χ1v) is 11.2. The molecule has 0 atom stereocenters. The molecular weight excluding hydrogens is 414 g/mol. The van der Waals surface area contributed by atoms with Gasteiger partial charge in [0.05, 0.1) is 16.6 Å². The number of carbonyl (C=O) groups excluding carboxylic acids is 1. The van der Waals surface area contributed by atoms with Crippen LogP contribution in [-0.4, -0.2) is 43.0 Å². The Bertz CT molecular complexity index is 1180. The number of thiazole rings is 1. The fourth-order valence-electron chi connectivity index (χ4n) is 3.58. The van der Waals surface area contributed by atoms with Gasteiger partial charge in [-0.05, 0) is 61.6 Å². The van der Waals surface area contributed by atoms with E-state index in [1.165, 1.54) is 11.3 Å². The average Bonchev–Trinajstić information content (AvgIpc) is 3.14. The van der Waals surface area contributed by atoms with Gasteiger partial charge in [-0.25, -0.2) is 4.98 Å². The van der Waals surface area contributed by atoms with E-state index in [-0.39, 0.29) is 5.91 Å². The minimum atomic E-state index is 0.0651. The Labute approximate surface area is 185 Å². The summed E-state index contributed by atoms with van der Waals surface area (Å²) in [7, 11) is 4.09. The van der Waals surface area contributed by atoms with E-state index < -0.39 is 0 Å². The molecule has 3 aromatic carbocycles. The van der Waals surface area contributed by atoms with E-state index in [1.807, 2.05) is 61.5 Å². The molecule has 1 heterocycles.